The topological polar surface area (TPSA) is 86.7 Å². The van der Waals surface area contributed by atoms with Crippen molar-refractivity contribution in [3.05, 3.63) is 89.5 Å². The average Bonchev–Trinajstić information content (AvgIpc) is 3.52. The third-order valence-electron chi connectivity index (χ3n) is 8.66. The van der Waals surface area contributed by atoms with E-state index in [2.05, 4.69) is 69.5 Å². The van der Waals surface area contributed by atoms with E-state index >= 15 is 0 Å². The van der Waals surface area contributed by atoms with E-state index in [1.54, 1.807) is 12.4 Å². The second-order valence-electron chi connectivity index (χ2n) is 11.9. The molecule has 9 heteroatoms. The van der Waals surface area contributed by atoms with Gasteiger partial charge in [-0.1, -0.05) is 74.2 Å². The Morgan fingerprint density at radius 2 is 1.56 bits per heavy atom. The van der Waals surface area contributed by atoms with E-state index < -0.39 is 10.0 Å². The lowest BCUT2D eigenvalue weighted by Crippen LogP contribution is -2.33. The van der Waals surface area contributed by atoms with E-state index in [0.29, 0.717) is 31.6 Å². The van der Waals surface area contributed by atoms with Crippen molar-refractivity contribution in [2.45, 2.75) is 83.3 Å². The maximum Gasteiger partial charge on any atom is 0.223 e. The Balaban J connectivity index is 1.28. The zero-order chi connectivity index (χ0) is 30.1. The summed E-state index contributed by atoms with van der Waals surface area (Å²) in [5, 5.41) is 0. The summed E-state index contributed by atoms with van der Waals surface area (Å²) in [6.07, 6.45) is 14.0. The molecule has 0 bridgehead atoms. The average molecular weight is 604 g/mol. The Bertz CT molecular complexity index is 1430. The number of para-hydroxylation sites is 1. The highest BCUT2D eigenvalue weighted by atomic mass is 32.2. The lowest BCUT2D eigenvalue weighted by molar-refractivity contribution is -0.131. The standard InChI is InChI=1S/C34H45N5O3S/c1-43(41,42)39-23-13-18-33(39)31-25-35-30(24-36-31)19-20-34(40)38-22-12-5-3-2-4-11-21-37(26-28-14-7-6-8-15-28)32-17-10-9-16-29(32)27-38/h6-10,14-17,24-25,33H,2-5,11-13,18-23,26-27H2,1H3. The van der Waals surface area contributed by atoms with Crippen LogP contribution in [-0.4, -0.2) is 59.4 Å². The van der Waals surface area contributed by atoms with Crippen LogP contribution in [0.25, 0.3) is 0 Å². The number of amides is 1. The fourth-order valence-electron chi connectivity index (χ4n) is 6.34. The maximum absolute atomic E-state index is 13.7. The van der Waals surface area contributed by atoms with Crippen LogP contribution in [0.2, 0.25) is 0 Å². The van der Waals surface area contributed by atoms with Gasteiger partial charge in [0.15, 0.2) is 0 Å². The smallest absolute Gasteiger partial charge is 0.223 e. The van der Waals surface area contributed by atoms with Crippen LogP contribution in [0.15, 0.2) is 67.0 Å². The van der Waals surface area contributed by atoms with Gasteiger partial charge in [0.2, 0.25) is 15.9 Å². The normalized spacial score (nSPS) is 19.2. The molecule has 3 heterocycles. The number of anilines is 1. The van der Waals surface area contributed by atoms with Gasteiger partial charge in [-0.3, -0.25) is 14.8 Å². The first kappa shape index (κ1) is 31.1. The molecule has 0 radical (unpaired) electrons. The van der Waals surface area contributed by atoms with E-state index in [1.807, 2.05) is 4.90 Å². The molecule has 0 aliphatic carbocycles. The van der Waals surface area contributed by atoms with Crippen molar-refractivity contribution < 1.29 is 13.2 Å². The van der Waals surface area contributed by atoms with Gasteiger partial charge in [-0.15, -0.1) is 0 Å². The van der Waals surface area contributed by atoms with Crippen LogP contribution in [0, 0.1) is 0 Å². The molecule has 8 nitrogen and oxygen atoms in total. The number of aryl methyl sites for hydroxylation is 1. The summed E-state index contributed by atoms with van der Waals surface area (Å²) in [5.74, 6) is 0.129. The van der Waals surface area contributed by atoms with Gasteiger partial charge < -0.3 is 9.80 Å². The third kappa shape index (κ3) is 8.63. The number of carbonyl (C=O) groups excluding carboxylic acids is 1. The molecule has 1 aromatic heterocycles. The molecule has 2 aromatic carbocycles. The molecule has 43 heavy (non-hydrogen) atoms. The van der Waals surface area contributed by atoms with E-state index in [0.717, 1.165) is 57.4 Å². The Labute approximate surface area is 257 Å². The lowest BCUT2D eigenvalue weighted by atomic mass is 10.1. The van der Waals surface area contributed by atoms with Crippen molar-refractivity contribution in [1.82, 2.24) is 19.2 Å². The van der Waals surface area contributed by atoms with Crippen molar-refractivity contribution in [2.24, 2.45) is 0 Å². The van der Waals surface area contributed by atoms with Crippen molar-refractivity contribution in [3.63, 3.8) is 0 Å². The van der Waals surface area contributed by atoms with E-state index in [-0.39, 0.29) is 11.9 Å². The molecular formula is C34H45N5O3S. The molecule has 5 rings (SSSR count). The highest BCUT2D eigenvalue weighted by Gasteiger charge is 2.33. The number of hydrogen-bond donors (Lipinski definition) is 0. The van der Waals surface area contributed by atoms with Crippen LogP contribution in [0.5, 0.6) is 0 Å². The van der Waals surface area contributed by atoms with Gasteiger partial charge in [0.1, 0.15) is 0 Å². The molecule has 2 aliphatic heterocycles. The first-order chi connectivity index (χ1) is 20.9. The predicted molar refractivity (Wildman–Crippen MR) is 171 cm³/mol. The molecule has 1 amide bonds. The molecule has 0 saturated carbocycles. The van der Waals surface area contributed by atoms with Crippen LogP contribution >= 0.6 is 0 Å². The first-order valence-corrected chi connectivity index (χ1v) is 17.7. The van der Waals surface area contributed by atoms with E-state index in [1.165, 1.54) is 46.6 Å². The Hall–Kier alpha value is -3.30. The highest BCUT2D eigenvalue weighted by molar-refractivity contribution is 7.88. The zero-order valence-electron chi connectivity index (χ0n) is 25.4. The number of nitrogens with zero attached hydrogens (tertiary/aromatic N) is 5. The summed E-state index contributed by atoms with van der Waals surface area (Å²) in [4.78, 5) is 27.3. The summed E-state index contributed by atoms with van der Waals surface area (Å²) in [6, 6.07) is 18.9. The van der Waals surface area contributed by atoms with Gasteiger partial charge in [0.05, 0.1) is 29.9 Å². The quantitative estimate of drug-likeness (QED) is 0.335. The molecule has 2 aliphatic rings. The van der Waals surface area contributed by atoms with Crippen LogP contribution in [0.4, 0.5) is 5.69 Å². The number of sulfonamides is 1. The first-order valence-electron chi connectivity index (χ1n) is 15.8. The van der Waals surface area contributed by atoms with Gasteiger partial charge in [-0.2, -0.15) is 4.31 Å². The fraction of sp³-hybridized carbons (Fsp3) is 0.500. The highest BCUT2D eigenvalue weighted by Crippen LogP contribution is 2.32. The Kier molecular flexibility index (Phi) is 10.8. The SMILES string of the molecule is CS(=O)(=O)N1CCCC1c1cnc(CCC(=O)N2CCCCCCCCN(Cc3ccccc3)c3ccccc3C2)cn1. The Morgan fingerprint density at radius 3 is 2.30 bits per heavy atom. The van der Waals surface area contributed by atoms with Gasteiger partial charge in [-0.25, -0.2) is 8.42 Å². The second kappa shape index (κ2) is 14.9. The minimum absolute atomic E-state index is 0.129. The molecule has 1 atom stereocenters. The van der Waals surface area contributed by atoms with Gasteiger partial charge in [-0.05, 0) is 49.3 Å². The van der Waals surface area contributed by atoms with Crippen LogP contribution in [-0.2, 0) is 34.3 Å². The molecule has 1 fully saturated rings. The summed E-state index contributed by atoms with van der Waals surface area (Å²) in [6.45, 7) is 3.71. The zero-order valence-corrected chi connectivity index (χ0v) is 26.2. The Morgan fingerprint density at radius 1 is 0.837 bits per heavy atom. The van der Waals surface area contributed by atoms with Crippen molar-refractivity contribution >= 4 is 21.6 Å². The number of fused-ring (bicyclic) bond motifs is 1. The predicted octanol–water partition coefficient (Wildman–Crippen LogP) is 5.90. The summed E-state index contributed by atoms with van der Waals surface area (Å²) < 4.78 is 25.8. The lowest BCUT2D eigenvalue weighted by Gasteiger charge is -2.30. The number of rotatable bonds is 7. The summed E-state index contributed by atoms with van der Waals surface area (Å²) in [7, 11) is -3.29. The monoisotopic (exact) mass is 603 g/mol. The van der Waals surface area contributed by atoms with Crippen LogP contribution in [0.1, 0.15) is 86.3 Å². The summed E-state index contributed by atoms with van der Waals surface area (Å²) >= 11 is 0. The van der Waals surface area contributed by atoms with Gasteiger partial charge in [0, 0.05) is 51.0 Å². The number of benzene rings is 2. The third-order valence-corrected chi connectivity index (χ3v) is 9.95. The molecule has 1 saturated heterocycles. The largest absolute Gasteiger partial charge is 0.367 e. The maximum atomic E-state index is 13.7. The van der Waals surface area contributed by atoms with Crippen LogP contribution in [0.3, 0.4) is 0 Å². The van der Waals surface area contributed by atoms with Crippen molar-refractivity contribution in [1.29, 1.82) is 0 Å². The number of hydrogen-bond acceptors (Lipinski definition) is 6. The molecular weight excluding hydrogens is 558 g/mol. The molecule has 230 valence electrons. The summed E-state index contributed by atoms with van der Waals surface area (Å²) in [5.41, 5.74) is 5.11. The molecule has 3 aromatic rings. The van der Waals surface area contributed by atoms with Crippen LogP contribution < -0.4 is 4.90 Å². The van der Waals surface area contributed by atoms with Crippen molar-refractivity contribution in [3.8, 4) is 0 Å². The van der Waals surface area contributed by atoms with Gasteiger partial charge >= 0.3 is 0 Å². The second-order valence-corrected chi connectivity index (χ2v) is 13.9. The fourth-order valence-corrected chi connectivity index (χ4v) is 7.48. The van der Waals surface area contributed by atoms with E-state index in [4.69, 9.17) is 0 Å². The molecule has 1 unspecified atom stereocenters. The van der Waals surface area contributed by atoms with E-state index in [9.17, 15) is 13.2 Å². The number of aromatic nitrogens is 2. The van der Waals surface area contributed by atoms with Gasteiger partial charge in [0.25, 0.3) is 0 Å². The number of carbonyl (C=O) groups is 1. The molecule has 0 spiro atoms. The molecule has 0 N–H and O–H groups in total. The minimum atomic E-state index is -3.29. The minimum Gasteiger partial charge on any atom is -0.367 e. The van der Waals surface area contributed by atoms with Crippen molar-refractivity contribution in [2.75, 3.05) is 30.8 Å².